The molecular weight excluding hydrogens is 332 g/mol. The number of halogens is 1. The molecule has 0 aliphatic rings. The fraction of sp³-hybridized carbons (Fsp3) is 0.471. The lowest BCUT2D eigenvalue weighted by Gasteiger charge is -2.25. The zero-order chi connectivity index (χ0) is 18.2. The van der Waals surface area contributed by atoms with Crippen LogP contribution < -0.4 is 10.6 Å². The molecule has 0 radical (unpaired) electrons. The van der Waals surface area contributed by atoms with E-state index in [9.17, 15) is 19.5 Å². The molecule has 1 aromatic rings. The molecule has 0 fully saturated rings. The highest BCUT2D eigenvalue weighted by Gasteiger charge is 2.33. The lowest BCUT2D eigenvalue weighted by molar-refractivity contribution is -0.147. The van der Waals surface area contributed by atoms with Gasteiger partial charge in [0.2, 0.25) is 5.91 Å². The Morgan fingerprint density at radius 3 is 2.38 bits per heavy atom. The molecule has 6 nitrogen and oxygen atoms in total. The molecule has 0 aliphatic carbocycles. The van der Waals surface area contributed by atoms with Gasteiger partial charge in [-0.1, -0.05) is 24.9 Å². The maximum absolute atomic E-state index is 11.9. The highest BCUT2D eigenvalue weighted by atomic mass is 35.5. The number of aliphatic carboxylic acids is 1. The molecule has 132 valence electrons. The van der Waals surface area contributed by atoms with E-state index in [1.807, 2.05) is 6.92 Å². The second kappa shape index (κ2) is 9.27. The highest BCUT2D eigenvalue weighted by Crippen LogP contribution is 2.13. The summed E-state index contributed by atoms with van der Waals surface area (Å²) in [6, 6.07) is 6.50. The van der Waals surface area contributed by atoms with Crippen molar-refractivity contribution in [2.75, 3.05) is 6.54 Å². The molecule has 1 unspecified atom stereocenters. The van der Waals surface area contributed by atoms with Crippen LogP contribution in [0.15, 0.2) is 24.3 Å². The van der Waals surface area contributed by atoms with Gasteiger partial charge in [0.1, 0.15) is 5.54 Å². The highest BCUT2D eigenvalue weighted by molar-refractivity contribution is 6.30. The predicted molar refractivity (Wildman–Crippen MR) is 92.1 cm³/mol. The number of carboxylic acid groups (broad SMARTS) is 1. The average Bonchev–Trinajstić information content (AvgIpc) is 2.52. The lowest BCUT2D eigenvalue weighted by atomic mass is 9.96. The van der Waals surface area contributed by atoms with Crippen LogP contribution in [0.5, 0.6) is 0 Å². The molecule has 24 heavy (non-hydrogen) atoms. The number of carbonyl (C=O) groups is 3. The zero-order valence-corrected chi connectivity index (χ0v) is 14.7. The summed E-state index contributed by atoms with van der Waals surface area (Å²) >= 11 is 5.76. The monoisotopic (exact) mass is 354 g/mol. The Morgan fingerprint density at radius 2 is 1.83 bits per heavy atom. The molecule has 1 atom stereocenters. The first kappa shape index (κ1) is 20.0. The standard InChI is InChI=1S/C17H23ClN2O4/c1-3-10-17(2,16(23)24)20-14(21)5-4-11-19-15(22)12-6-8-13(18)9-7-12/h6-9H,3-5,10-11H2,1-2H3,(H,19,22)(H,20,21)(H,23,24). The topological polar surface area (TPSA) is 95.5 Å². The maximum atomic E-state index is 11.9. The molecule has 7 heteroatoms. The summed E-state index contributed by atoms with van der Waals surface area (Å²) in [6.07, 6.45) is 1.59. The Bertz CT molecular complexity index is 589. The molecule has 0 aliphatic heterocycles. The Hall–Kier alpha value is -2.08. The van der Waals surface area contributed by atoms with Gasteiger partial charge in [0.15, 0.2) is 0 Å². The van der Waals surface area contributed by atoms with Gasteiger partial charge < -0.3 is 15.7 Å². The molecule has 0 aromatic heterocycles. The minimum atomic E-state index is -1.25. The van der Waals surface area contributed by atoms with Crippen LogP contribution in [0.1, 0.15) is 49.9 Å². The van der Waals surface area contributed by atoms with Gasteiger partial charge in [-0.15, -0.1) is 0 Å². The second-order valence-corrected chi connectivity index (χ2v) is 6.24. The number of hydrogen-bond acceptors (Lipinski definition) is 3. The third-order valence-corrected chi connectivity index (χ3v) is 3.86. The van der Waals surface area contributed by atoms with Gasteiger partial charge >= 0.3 is 5.97 Å². The summed E-state index contributed by atoms with van der Waals surface area (Å²) < 4.78 is 0. The molecule has 0 saturated heterocycles. The van der Waals surface area contributed by atoms with Crippen LogP contribution in [0, 0.1) is 0 Å². The molecule has 0 spiro atoms. The molecule has 0 heterocycles. The van der Waals surface area contributed by atoms with Gasteiger partial charge in [0.05, 0.1) is 0 Å². The number of hydrogen-bond donors (Lipinski definition) is 3. The first-order valence-corrected chi connectivity index (χ1v) is 8.24. The number of rotatable bonds is 9. The first-order valence-electron chi connectivity index (χ1n) is 7.86. The fourth-order valence-corrected chi connectivity index (χ4v) is 2.37. The van der Waals surface area contributed by atoms with Gasteiger partial charge in [-0.25, -0.2) is 4.79 Å². The molecule has 1 aromatic carbocycles. The van der Waals surface area contributed by atoms with Crippen LogP contribution in [0.3, 0.4) is 0 Å². The number of nitrogens with one attached hydrogen (secondary N) is 2. The Morgan fingerprint density at radius 1 is 1.21 bits per heavy atom. The third-order valence-electron chi connectivity index (χ3n) is 3.61. The smallest absolute Gasteiger partial charge is 0.329 e. The van der Waals surface area contributed by atoms with E-state index in [1.54, 1.807) is 24.3 Å². The van der Waals surface area contributed by atoms with Crippen LogP contribution in [-0.4, -0.2) is 35.0 Å². The van der Waals surface area contributed by atoms with E-state index in [4.69, 9.17) is 11.6 Å². The van der Waals surface area contributed by atoms with Gasteiger partial charge in [0, 0.05) is 23.6 Å². The quantitative estimate of drug-likeness (QED) is 0.594. The van der Waals surface area contributed by atoms with Crippen molar-refractivity contribution in [1.82, 2.24) is 10.6 Å². The van der Waals surface area contributed by atoms with Crippen molar-refractivity contribution in [2.24, 2.45) is 0 Å². The van der Waals surface area contributed by atoms with Gasteiger partial charge in [0.25, 0.3) is 5.91 Å². The van der Waals surface area contributed by atoms with Crippen molar-refractivity contribution >= 4 is 29.4 Å². The van der Waals surface area contributed by atoms with E-state index in [0.717, 1.165) is 0 Å². The zero-order valence-electron chi connectivity index (χ0n) is 13.9. The summed E-state index contributed by atoms with van der Waals surface area (Å²) in [5.74, 6) is -1.63. The van der Waals surface area contributed by atoms with Crippen molar-refractivity contribution in [3.63, 3.8) is 0 Å². The van der Waals surface area contributed by atoms with Crippen molar-refractivity contribution in [3.05, 3.63) is 34.9 Å². The van der Waals surface area contributed by atoms with Crippen LogP contribution in [0.2, 0.25) is 5.02 Å². The van der Waals surface area contributed by atoms with E-state index in [2.05, 4.69) is 10.6 Å². The third kappa shape index (κ3) is 6.20. The average molecular weight is 355 g/mol. The van der Waals surface area contributed by atoms with Gasteiger partial charge in [-0.2, -0.15) is 0 Å². The van der Waals surface area contributed by atoms with Crippen LogP contribution in [0.4, 0.5) is 0 Å². The molecule has 0 saturated carbocycles. The number of benzene rings is 1. The Balaban J connectivity index is 2.36. The summed E-state index contributed by atoms with van der Waals surface area (Å²) in [5, 5.41) is 15.0. The molecule has 3 N–H and O–H groups in total. The predicted octanol–water partition coefficient (Wildman–Crippen LogP) is 2.61. The van der Waals surface area contributed by atoms with Crippen molar-refractivity contribution in [3.8, 4) is 0 Å². The maximum Gasteiger partial charge on any atom is 0.329 e. The normalized spacial score (nSPS) is 13.0. The van der Waals surface area contributed by atoms with E-state index < -0.39 is 11.5 Å². The van der Waals surface area contributed by atoms with Crippen molar-refractivity contribution < 1.29 is 19.5 Å². The van der Waals surface area contributed by atoms with E-state index in [1.165, 1.54) is 6.92 Å². The van der Waals surface area contributed by atoms with Crippen LogP contribution in [0.25, 0.3) is 0 Å². The van der Waals surface area contributed by atoms with E-state index in [-0.39, 0.29) is 18.2 Å². The first-order chi connectivity index (χ1) is 11.3. The summed E-state index contributed by atoms with van der Waals surface area (Å²) in [5.41, 5.74) is -0.761. The van der Waals surface area contributed by atoms with Crippen molar-refractivity contribution in [2.45, 2.75) is 45.1 Å². The summed E-state index contributed by atoms with van der Waals surface area (Å²) in [4.78, 5) is 35.0. The number of carbonyl (C=O) groups excluding carboxylic acids is 2. The SMILES string of the molecule is CCCC(C)(NC(=O)CCCNC(=O)c1ccc(Cl)cc1)C(=O)O. The fourth-order valence-electron chi connectivity index (χ4n) is 2.25. The minimum Gasteiger partial charge on any atom is -0.480 e. The van der Waals surface area contributed by atoms with Gasteiger partial charge in [-0.3, -0.25) is 9.59 Å². The number of carboxylic acids is 1. The van der Waals surface area contributed by atoms with Gasteiger partial charge in [-0.05, 0) is 44.0 Å². The largest absolute Gasteiger partial charge is 0.480 e. The van der Waals surface area contributed by atoms with Crippen LogP contribution in [-0.2, 0) is 9.59 Å². The summed E-state index contributed by atoms with van der Waals surface area (Å²) in [6.45, 7) is 3.69. The molecule has 1 rings (SSSR count). The van der Waals surface area contributed by atoms with E-state index in [0.29, 0.717) is 36.4 Å². The second-order valence-electron chi connectivity index (χ2n) is 5.80. The van der Waals surface area contributed by atoms with E-state index >= 15 is 0 Å². The molecular formula is C17H23ClN2O4. The Labute approximate surface area is 146 Å². The molecule has 2 amide bonds. The van der Waals surface area contributed by atoms with Crippen molar-refractivity contribution in [1.29, 1.82) is 0 Å². The Kier molecular flexibility index (Phi) is 7.71. The molecule has 0 bridgehead atoms. The number of amides is 2. The lowest BCUT2D eigenvalue weighted by Crippen LogP contribution is -2.52. The van der Waals surface area contributed by atoms with Crippen LogP contribution >= 0.6 is 11.6 Å². The minimum absolute atomic E-state index is 0.146. The summed E-state index contributed by atoms with van der Waals surface area (Å²) in [7, 11) is 0.